The van der Waals surface area contributed by atoms with Crippen LogP contribution in [0.5, 0.6) is 0 Å². The zero-order valence-electron chi connectivity index (χ0n) is 9.07. The van der Waals surface area contributed by atoms with E-state index in [1.165, 1.54) is 0 Å². The normalized spacial score (nSPS) is 13.6. The number of hydrogen-bond donors (Lipinski definition) is 0. The molecule has 0 aliphatic carbocycles. The average Bonchev–Trinajstić information content (AvgIpc) is 2.17. The van der Waals surface area contributed by atoms with Crippen LogP contribution < -0.4 is 0 Å². The molecule has 14 heavy (non-hydrogen) atoms. The Morgan fingerprint density at radius 3 is 2.79 bits per heavy atom. The largest absolute Gasteiger partial charge is 0.251 e. The molecule has 0 aromatic rings. The molecule has 0 aromatic carbocycles. The molecule has 0 rings (SSSR count). The number of allylic oxidation sites excluding steroid dienone is 3. The fraction of sp³-hybridized carbons (Fsp3) is 0.417. The van der Waals surface area contributed by atoms with Crippen molar-refractivity contribution in [1.29, 1.82) is 0 Å². The zero-order chi connectivity index (χ0) is 10.8. The van der Waals surface area contributed by atoms with Crippen molar-refractivity contribution < 1.29 is 0 Å². The average molecular weight is 209 g/mol. The molecule has 0 saturated heterocycles. The molecule has 0 aliphatic heterocycles. The highest BCUT2D eigenvalue weighted by molar-refractivity contribution is 8.03. The van der Waals surface area contributed by atoms with Gasteiger partial charge in [0.05, 0.1) is 5.03 Å². The summed E-state index contributed by atoms with van der Waals surface area (Å²) in [5.74, 6) is 0. The third-order valence-corrected chi connectivity index (χ3v) is 2.92. The lowest BCUT2D eigenvalue weighted by Gasteiger charge is -2.10. The predicted octanol–water partition coefficient (Wildman–Crippen LogP) is 4.19. The van der Waals surface area contributed by atoms with Gasteiger partial charge in [-0.05, 0) is 25.8 Å². The zero-order valence-corrected chi connectivity index (χ0v) is 9.89. The Bertz CT molecular complexity index is 228. The van der Waals surface area contributed by atoms with Crippen LogP contribution >= 0.6 is 11.8 Å². The summed E-state index contributed by atoms with van der Waals surface area (Å²) >= 11 is 1.72. The highest BCUT2D eigenvalue weighted by Gasteiger charge is 2.05. The van der Waals surface area contributed by atoms with Crippen LogP contribution in [0.2, 0.25) is 0 Å². The van der Waals surface area contributed by atoms with Crippen LogP contribution in [0.4, 0.5) is 0 Å². The van der Waals surface area contributed by atoms with Crippen LogP contribution in [0, 0.1) is 0 Å². The smallest absolute Gasteiger partial charge is 0.0890 e. The molecule has 1 nitrogen and oxygen atoms in total. The summed E-state index contributed by atoms with van der Waals surface area (Å²) in [5.41, 5.74) is 0. The Morgan fingerprint density at radius 1 is 1.57 bits per heavy atom. The Hall–Kier alpha value is -0.760. The highest BCUT2D eigenvalue weighted by Crippen LogP contribution is 2.25. The Labute approximate surface area is 91.7 Å². The molecule has 0 heterocycles. The van der Waals surface area contributed by atoms with E-state index in [4.69, 9.17) is 0 Å². The van der Waals surface area contributed by atoms with Crippen molar-refractivity contribution in [1.82, 2.24) is 0 Å². The molecule has 0 saturated carbocycles. The SMILES string of the molecule is C=CCC(CC)SC(=C)N=C/C=C\C. The van der Waals surface area contributed by atoms with E-state index in [1.54, 1.807) is 18.0 Å². The van der Waals surface area contributed by atoms with E-state index in [-0.39, 0.29) is 0 Å². The quantitative estimate of drug-likeness (QED) is 0.452. The molecule has 2 heteroatoms. The first-order chi connectivity index (χ1) is 6.74. The molecule has 1 unspecified atom stereocenters. The van der Waals surface area contributed by atoms with Crippen molar-refractivity contribution in [2.45, 2.75) is 31.9 Å². The Balaban J connectivity index is 3.95. The minimum absolute atomic E-state index is 0.558. The van der Waals surface area contributed by atoms with E-state index in [2.05, 4.69) is 25.1 Å². The highest BCUT2D eigenvalue weighted by atomic mass is 32.2. The molecule has 1 atom stereocenters. The van der Waals surface area contributed by atoms with Gasteiger partial charge in [0.1, 0.15) is 0 Å². The third kappa shape index (κ3) is 6.72. The van der Waals surface area contributed by atoms with Crippen molar-refractivity contribution in [2.75, 3.05) is 0 Å². The third-order valence-electron chi connectivity index (χ3n) is 1.68. The lowest BCUT2D eigenvalue weighted by molar-refractivity contribution is 0.839. The van der Waals surface area contributed by atoms with Gasteiger partial charge in [-0.15, -0.1) is 18.3 Å². The van der Waals surface area contributed by atoms with E-state index in [0.29, 0.717) is 5.25 Å². The minimum atomic E-state index is 0.558. The van der Waals surface area contributed by atoms with Crippen LogP contribution in [-0.2, 0) is 0 Å². The summed E-state index contributed by atoms with van der Waals surface area (Å²) in [5, 5.41) is 1.43. The monoisotopic (exact) mass is 209 g/mol. The van der Waals surface area contributed by atoms with E-state index < -0.39 is 0 Å². The lowest BCUT2D eigenvalue weighted by atomic mass is 10.2. The molecule has 0 amide bonds. The van der Waals surface area contributed by atoms with Gasteiger partial charge < -0.3 is 0 Å². The van der Waals surface area contributed by atoms with E-state index >= 15 is 0 Å². The number of rotatable bonds is 7. The van der Waals surface area contributed by atoms with Crippen molar-refractivity contribution in [3.8, 4) is 0 Å². The second-order valence-electron chi connectivity index (χ2n) is 2.87. The summed E-state index contributed by atoms with van der Waals surface area (Å²) in [7, 11) is 0. The first-order valence-corrected chi connectivity index (χ1v) is 5.74. The lowest BCUT2D eigenvalue weighted by Crippen LogP contribution is -1.97. The first-order valence-electron chi connectivity index (χ1n) is 4.86. The summed E-state index contributed by atoms with van der Waals surface area (Å²) in [6.45, 7) is 11.8. The van der Waals surface area contributed by atoms with Crippen LogP contribution in [0.1, 0.15) is 26.7 Å². The number of aliphatic imine (C=N–C) groups is 1. The molecular weight excluding hydrogens is 190 g/mol. The molecule has 0 radical (unpaired) electrons. The Morgan fingerprint density at radius 2 is 2.29 bits per heavy atom. The van der Waals surface area contributed by atoms with Gasteiger partial charge in [0, 0.05) is 11.5 Å². The number of hydrogen-bond acceptors (Lipinski definition) is 2. The van der Waals surface area contributed by atoms with Gasteiger partial charge in [-0.25, -0.2) is 0 Å². The van der Waals surface area contributed by atoms with Gasteiger partial charge in [0.25, 0.3) is 0 Å². The van der Waals surface area contributed by atoms with Gasteiger partial charge in [-0.3, -0.25) is 4.99 Å². The molecule has 0 N–H and O–H groups in total. The molecule has 0 bridgehead atoms. The van der Waals surface area contributed by atoms with Crippen molar-refractivity contribution in [3.63, 3.8) is 0 Å². The molecule has 0 aliphatic rings. The van der Waals surface area contributed by atoms with E-state index in [0.717, 1.165) is 17.9 Å². The molecule has 0 fully saturated rings. The van der Waals surface area contributed by atoms with Gasteiger partial charge in [-0.1, -0.05) is 25.7 Å². The summed E-state index contributed by atoms with van der Waals surface area (Å²) in [6, 6.07) is 0. The van der Waals surface area contributed by atoms with E-state index in [1.807, 2.05) is 25.2 Å². The first kappa shape index (κ1) is 13.2. The van der Waals surface area contributed by atoms with Crippen molar-refractivity contribution in [3.05, 3.63) is 36.4 Å². The van der Waals surface area contributed by atoms with Crippen LogP contribution in [0.15, 0.2) is 41.4 Å². The molecule has 0 spiro atoms. The van der Waals surface area contributed by atoms with Crippen LogP contribution in [-0.4, -0.2) is 11.5 Å². The molecule has 0 aromatic heterocycles. The summed E-state index contributed by atoms with van der Waals surface area (Å²) in [6.07, 6.45) is 9.71. The van der Waals surface area contributed by atoms with Gasteiger partial charge in [0.2, 0.25) is 0 Å². The summed E-state index contributed by atoms with van der Waals surface area (Å²) in [4.78, 5) is 4.21. The summed E-state index contributed by atoms with van der Waals surface area (Å²) < 4.78 is 0. The second kappa shape index (κ2) is 8.82. The van der Waals surface area contributed by atoms with Crippen LogP contribution in [0.3, 0.4) is 0 Å². The Kier molecular flexibility index (Phi) is 8.34. The topological polar surface area (TPSA) is 12.4 Å². The standard InChI is InChI=1S/C12H19NS/c1-5-8-10-13-11(4)14-12(7-3)9-6-2/h5-6,8,10,12H,2,4,7,9H2,1,3H3/b8-5-,13-10?. The maximum Gasteiger partial charge on any atom is 0.0890 e. The minimum Gasteiger partial charge on any atom is -0.251 e. The van der Waals surface area contributed by atoms with Gasteiger partial charge in [-0.2, -0.15) is 0 Å². The van der Waals surface area contributed by atoms with Crippen molar-refractivity contribution >= 4 is 18.0 Å². The number of thioether (sulfide) groups is 1. The maximum absolute atomic E-state index is 4.21. The maximum atomic E-state index is 4.21. The fourth-order valence-electron chi connectivity index (χ4n) is 0.919. The second-order valence-corrected chi connectivity index (χ2v) is 4.24. The molecular formula is C12H19NS. The fourth-order valence-corrected chi connectivity index (χ4v) is 1.82. The van der Waals surface area contributed by atoms with Crippen LogP contribution in [0.25, 0.3) is 0 Å². The number of nitrogens with zero attached hydrogens (tertiary/aromatic N) is 1. The van der Waals surface area contributed by atoms with E-state index in [9.17, 15) is 0 Å². The predicted molar refractivity (Wildman–Crippen MR) is 68.9 cm³/mol. The van der Waals surface area contributed by atoms with Gasteiger partial charge >= 0.3 is 0 Å². The van der Waals surface area contributed by atoms with Crippen molar-refractivity contribution in [2.24, 2.45) is 4.99 Å². The molecule has 78 valence electrons. The van der Waals surface area contributed by atoms with Gasteiger partial charge in [0.15, 0.2) is 0 Å².